The van der Waals surface area contributed by atoms with Crippen molar-refractivity contribution >= 4 is 45.2 Å². The van der Waals surface area contributed by atoms with Crippen LogP contribution in [0.5, 0.6) is 5.75 Å². The minimum absolute atomic E-state index is 0.0176. The molecule has 0 bridgehead atoms. The highest BCUT2D eigenvalue weighted by Crippen LogP contribution is 2.24. The SMILES string of the molecule is COc1ccc2[nH]cc(CCNC(=O)[C@@H]3CSC(Cc4cccc(Cl)c4)=N3)c2c1. The van der Waals surface area contributed by atoms with Gasteiger partial charge in [0.25, 0.3) is 0 Å². The van der Waals surface area contributed by atoms with Crippen molar-refractivity contribution in [1.29, 1.82) is 0 Å². The van der Waals surface area contributed by atoms with Crippen LogP contribution in [0.3, 0.4) is 0 Å². The van der Waals surface area contributed by atoms with Crippen molar-refractivity contribution in [3.05, 3.63) is 64.8 Å². The second-order valence-electron chi connectivity index (χ2n) is 6.92. The van der Waals surface area contributed by atoms with E-state index in [9.17, 15) is 4.79 Å². The molecule has 0 aliphatic carbocycles. The number of nitrogens with zero attached hydrogens (tertiary/aromatic N) is 1. The number of aliphatic imine (C=N–C) groups is 1. The number of aromatic nitrogens is 1. The van der Waals surface area contributed by atoms with Crippen LogP contribution in [0.4, 0.5) is 0 Å². The summed E-state index contributed by atoms with van der Waals surface area (Å²) in [6.07, 6.45) is 3.45. The summed E-state index contributed by atoms with van der Waals surface area (Å²) < 4.78 is 5.31. The number of thioether (sulfide) groups is 1. The van der Waals surface area contributed by atoms with Gasteiger partial charge in [-0.3, -0.25) is 9.79 Å². The number of aromatic amines is 1. The summed E-state index contributed by atoms with van der Waals surface area (Å²) in [5, 5.41) is 5.85. The Morgan fingerprint density at radius 1 is 1.34 bits per heavy atom. The van der Waals surface area contributed by atoms with Gasteiger partial charge >= 0.3 is 0 Å². The van der Waals surface area contributed by atoms with Crippen molar-refractivity contribution in [2.75, 3.05) is 19.4 Å². The molecule has 29 heavy (non-hydrogen) atoms. The Morgan fingerprint density at radius 2 is 2.24 bits per heavy atom. The fourth-order valence-electron chi connectivity index (χ4n) is 3.41. The fourth-order valence-corrected chi connectivity index (χ4v) is 4.67. The minimum Gasteiger partial charge on any atom is -0.497 e. The first-order chi connectivity index (χ1) is 14.1. The van der Waals surface area contributed by atoms with Gasteiger partial charge in [0.15, 0.2) is 0 Å². The van der Waals surface area contributed by atoms with Crippen LogP contribution in [0.15, 0.2) is 53.7 Å². The molecule has 0 fully saturated rings. The number of nitrogens with one attached hydrogen (secondary N) is 2. The number of hydrogen-bond acceptors (Lipinski definition) is 4. The second kappa shape index (κ2) is 8.93. The summed E-state index contributed by atoms with van der Waals surface area (Å²) >= 11 is 7.69. The first-order valence-corrected chi connectivity index (χ1v) is 10.8. The van der Waals surface area contributed by atoms with Gasteiger partial charge in [0, 0.05) is 40.8 Å². The smallest absolute Gasteiger partial charge is 0.245 e. The van der Waals surface area contributed by atoms with Crippen molar-refractivity contribution in [1.82, 2.24) is 10.3 Å². The lowest BCUT2D eigenvalue weighted by molar-refractivity contribution is -0.121. The van der Waals surface area contributed by atoms with E-state index in [4.69, 9.17) is 16.3 Å². The average molecular weight is 428 g/mol. The quantitative estimate of drug-likeness (QED) is 0.592. The normalized spacial score (nSPS) is 16.1. The van der Waals surface area contributed by atoms with E-state index >= 15 is 0 Å². The van der Waals surface area contributed by atoms with Gasteiger partial charge in [-0.1, -0.05) is 23.7 Å². The largest absolute Gasteiger partial charge is 0.497 e. The maximum atomic E-state index is 12.5. The lowest BCUT2D eigenvalue weighted by atomic mass is 10.1. The molecule has 0 saturated carbocycles. The molecular formula is C22H22ClN3O2S. The van der Waals surface area contributed by atoms with E-state index in [-0.39, 0.29) is 11.9 Å². The predicted molar refractivity (Wildman–Crippen MR) is 120 cm³/mol. The van der Waals surface area contributed by atoms with Gasteiger partial charge in [-0.15, -0.1) is 11.8 Å². The molecule has 1 aliphatic rings. The molecule has 1 aromatic heterocycles. The highest BCUT2D eigenvalue weighted by atomic mass is 35.5. The molecule has 2 heterocycles. The Bertz CT molecular complexity index is 1060. The first-order valence-electron chi connectivity index (χ1n) is 9.48. The molecule has 0 saturated heterocycles. The van der Waals surface area contributed by atoms with Crippen LogP contribution in [0, 0.1) is 0 Å². The molecule has 1 atom stereocenters. The summed E-state index contributed by atoms with van der Waals surface area (Å²) in [7, 11) is 1.66. The number of methoxy groups -OCH3 is 1. The molecule has 2 N–H and O–H groups in total. The Morgan fingerprint density at radius 3 is 3.07 bits per heavy atom. The number of benzene rings is 2. The summed E-state index contributed by atoms with van der Waals surface area (Å²) in [5.74, 6) is 1.49. The van der Waals surface area contributed by atoms with Crippen LogP contribution in [-0.4, -0.2) is 41.4 Å². The number of amides is 1. The number of H-pyrrole nitrogens is 1. The highest BCUT2D eigenvalue weighted by Gasteiger charge is 2.24. The third-order valence-corrected chi connectivity index (χ3v) is 6.22. The maximum absolute atomic E-state index is 12.5. The molecule has 0 spiro atoms. The van der Waals surface area contributed by atoms with Gasteiger partial charge in [0.2, 0.25) is 5.91 Å². The molecule has 3 aromatic rings. The number of rotatable bonds is 7. The van der Waals surface area contributed by atoms with E-state index in [1.165, 1.54) is 0 Å². The van der Waals surface area contributed by atoms with Crippen LogP contribution in [0.1, 0.15) is 11.1 Å². The van der Waals surface area contributed by atoms with Crippen molar-refractivity contribution in [2.45, 2.75) is 18.9 Å². The number of carbonyl (C=O) groups excluding carboxylic acids is 1. The topological polar surface area (TPSA) is 66.5 Å². The zero-order valence-electron chi connectivity index (χ0n) is 16.1. The molecule has 2 aromatic carbocycles. The summed E-state index contributed by atoms with van der Waals surface area (Å²) in [4.78, 5) is 20.4. The minimum atomic E-state index is -0.322. The van der Waals surface area contributed by atoms with Crippen LogP contribution < -0.4 is 10.1 Å². The Labute approximate surface area is 178 Å². The number of hydrogen-bond donors (Lipinski definition) is 2. The second-order valence-corrected chi connectivity index (χ2v) is 8.45. The number of fused-ring (bicyclic) bond motifs is 1. The Kier molecular flexibility index (Phi) is 6.11. The Hall–Kier alpha value is -2.44. The third-order valence-electron chi connectivity index (χ3n) is 4.92. The fraction of sp³-hybridized carbons (Fsp3) is 0.273. The molecular weight excluding hydrogens is 406 g/mol. The number of carbonyl (C=O) groups is 1. The van der Waals surface area contributed by atoms with E-state index in [1.54, 1.807) is 18.9 Å². The highest BCUT2D eigenvalue weighted by molar-refractivity contribution is 8.14. The average Bonchev–Trinajstić information content (AvgIpc) is 3.35. The maximum Gasteiger partial charge on any atom is 0.245 e. The zero-order valence-corrected chi connectivity index (χ0v) is 17.6. The molecule has 4 rings (SSSR count). The van der Waals surface area contributed by atoms with Gasteiger partial charge in [-0.25, -0.2) is 0 Å². The van der Waals surface area contributed by atoms with Crippen LogP contribution in [0.25, 0.3) is 10.9 Å². The summed E-state index contributed by atoms with van der Waals surface area (Å²) in [6.45, 7) is 0.573. The number of halogens is 1. The lowest BCUT2D eigenvalue weighted by Crippen LogP contribution is -2.35. The molecule has 0 unspecified atom stereocenters. The monoisotopic (exact) mass is 427 g/mol. The first kappa shape index (κ1) is 19.9. The molecule has 1 aliphatic heterocycles. The van der Waals surface area contributed by atoms with Crippen molar-refractivity contribution < 1.29 is 9.53 Å². The van der Waals surface area contributed by atoms with Gasteiger partial charge < -0.3 is 15.0 Å². The van der Waals surface area contributed by atoms with Crippen LogP contribution >= 0.6 is 23.4 Å². The van der Waals surface area contributed by atoms with E-state index < -0.39 is 0 Å². The molecule has 5 nitrogen and oxygen atoms in total. The summed E-state index contributed by atoms with van der Waals surface area (Å²) in [5.41, 5.74) is 3.33. The molecule has 150 valence electrons. The van der Waals surface area contributed by atoms with Crippen LogP contribution in [-0.2, 0) is 17.6 Å². The van der Waals surface area contributed by atoms with E-state index in [0.29, 0.717) is 18.7 Å². The number of ether oxygens (including phenoxy) is 1. The van der Waals surface area contributed by atoms with Crippen molar-refractivity contribution in [3.63, 3.8) is 0 Å². The zero-order chi connectivity index (χ0) is 20.2. The van der Waals surface area contributed by atoms with Gasteiger partial charge in [-0.2, -0.15) is 0 Å². The predicted octanol–water partition coefficient (Wildman–Crippen LogP) is 4.25. The van der Waals surface area contributed by atoms with Crippen LogP contribution in [0.2, 0.25) is 5.02 Å². The Balaban J connectivity index is 1.32. The molecule has 7 heteroatoms. The van der Waals surface area contributed by atoms with Crippen molar-refractivity contribution in [3.8, 4) is 5.75 Å². The van der Waals surface area contributed by atoms with E-state index in [1.807, 2.05) is 48.7 Å². The van der Waals surface area contributed by atoms with E-state index in [0.717, 1.165) is 44.3 Å². The third kappa shape index (κ3) is 4.77. The van der Waals surface area contributed by atoms with Crippen molar-refractivity contribution in [2.24, 2.45) is 4.99 Å². The molecule has 1 amide bonds. The van der Waals surface area contributed by atoms with Gasteiger partial charge in [-0.05, 0) is 47.9 Å². The molecule has 0 radical (unpaired) electrons. The van der Waals surface area contributed by atoms with Gasteiger partial charge in [0.05, 0.1) is 12.2 Å². The van der Waals surface area contributed by atoms with E-state index in [2.05, 4.69) is 15.3 Å². The van der Waals surface area contributed by atoms with Gasteiger partial charge in [0.1, 0.15) is 11.8 Å². The standard InChI is InChI=1S/C22H22ClN3O2S/c1-28-17-5-6-19-18(11-17)15(12-25-19)7-8-24-22(27)20-13-29-21(26-20)10-14-3-2-4-16(23)9-14/h2-6,9,11-12,20,25H,7-8,10,13H2,1H3,(H,24,27)/t20-/m0/s1. The summed E-state index contributed by atoms with van der Waals surface area (Å²) in [6, 6.07) is 13.4. The lowest BCUT2D eigenvalue weighted by Gasteiger charge is -2.08.